The average molecular weight is 338 g/mol. The fourth-order valence-corrected chi connectivity index (χ4v) is 4.72. The smallest absolute Gasteiger partial charge is 0.309 e. The van der Waals surface area contributed by atoms with Gasteiger partial charge in [-0.1, -0.05) is 6.42 Å². The van der Waals surface area contributed by atoms with Gasteiger partial charge in [-0.15, -0.1) is 0 Å². The van der Waals surface area contributed by atoms with E-state index in [9.17, 15) is 19.5 Å². The SMILES string of the molecule is COCC1(C(=O)N2CCC3(CC2)[C@H](C(=O)O)CC(=O)N3C)CCC1. The molecule has 1 N–H and O–H groups in total. The van der Waals surface area contributed by atoms with Crippen LogP contribution in [0, 0.1) is 11.3 Å². The molecule has 2 saturated heterocycles. The molecule has 0 bridgehead atoms. The van der Waals surface area contributed by atoms with E-state index in [1.165, 1.54) is 0 Å². The number of nitrogens with zero attached hydrogens (tertiary/aromatic N) is 2. The van der Waals surface area contributed by atoms with Gasteiger partial charge in [0.2, 0.25) is 11.8 Å². The molecule has 2 amide bonds. The maximum absolute atomic E-state index is 12.9. The first-order chi connectivity index (χ1) is 11.4. The Balaban J connectivity index is 1.72. The van der Waals surface area contributed by atoms with Crippen molar-refractivity contribution in [2.24, 2.45) is 11.3 Å². The van der Waals surface area contributed by atoms with Gasteiger partial charge in [0.25, 0.3) is 0 Å². The summed E-state index contributed by atoms with van der Waals surface area (Å²) in [5, 5.41) is 9.51. The van der Waals surface area contributed by atoms with Crippen LogP contribution in [0.25, 0.3) is 0 Å². The van der Waals surface area contributed by atoms with Crippen LogP contribution in [-0.4, -0.2) is 72.1 Å². The lowest BCUT2D eigenvalue weighted by Crippen LogP contribution is -2.59. The first-order valence-corrected chi connectivity index (χ1v) is 8.64. The van der Waals surface area contributed by atoms with Crippen molar-refractivity contribution in [1.29, 1.82) is 0 Å². The molecule has 1 aliphatic carbocycles. The predicted molar refractivity (Wildman–Crippen MR) is 85.2 cm³/mol. The van der Waals surface area contributed by atoms with Crippen molar-refractivity contribution in [3.8, 4) is 0 Å². The number of hydrogen-bond acceptors (Lipinski definition) is 4. The number of carbonyl (C=O) groups excluding carboxylic acids is 2. The summed E-state index contributed by atoms with van der Waals surface area (Å²) in [4.78, 5) is 40.0. The van der Waals surface area contributed by atoms with Gasteiger partial charge in [-0.2, -0.15) is 0 Å². The molecule has 7 heteroatoms. The number of ether oxygens (including phenoxy) is 1. The average Bonchev–Trinajstić information content (AvgIpc) is 2.76. The van der Waals surface area contributed by atoms with E-state index in [1.54, 1.807) is 19.1 Å². The normalized spacial score (nSPS) is 28.1. The first-order valence-electron chi connectivity index (χ1n) is 8.64. The van der Waals surface area contributed by atoms with E-state index in [0.29, 0.717) is 32.5 Å². The Kier molecular flexibility index (Phi) is 4.32. The summed E-state index contributed by atoms with van der Waals surface area (Å²) in [6.07, 6.45) is 3.88. The number of aliphatic carboxylic acids is 1. The molecule has 1 saturated carbocycles. The zero-order chi connectivity index (χ0) is 17.5. The van der Waals surface area contributed by atoms with Crippen molar-refractivity contribution in [3.63, 3.8) is 0 Å². The molecule has 24 heavy (non-hydrogen) atoms. The molecule has 0 radical (unpaired) electrons. The number of hydrogen-bond donors (Lipinski definition) is 1. The molecule has 1 spiro atoms. The lowest BCUT2D eigenvalue weighted by Gasteiger charge is -2.49. The maximum Gasteiger partial charge on any atom is 0.309 e. The maximum atomic E-state index is 12.9. The molecule has 3 fully saturated rings. The number of carboxylic acids is 1. The summed E-state index contributed by atoms with van der Waals surface area (Å²) >= 11 is 0. The Morgan fingerprint density at radius 1 is 1.25 bits per heavy atom. The van der Waals surface area contributed by atoms with Crippen molar-refractivity contribution >= 4 is 17.8 Å². The minimum Gasteiger partial charge on any atom is -0.481 e. The number of likely N-dealkylation sites (tertiary alicyclic amines) is 2. The van der Waals surface area contributed by atoms with Crippen LogP contribution in [0.2, 0.25) is 0 Å². The lowest BCUT2D eigenvalue weighted by atomic mass is 9.67. The van der Waals surface area contributed by atoms with Crippen molar-refractivity contribution in [2.75, 3.05) is 33.9 Å². The zero-order valence-electron chi connectivity index (χ0n) is 14.4. The number of amides is 2. The highest BCUT2D eigenvalue weighted by Crippen LogP contribution is 2.46. The number of methoxy groups -OCH3 is 1. The summed E-state index contributed by atoms with van der Waals surface area (Å²) in [6.45, 7) is 1.46. The van der Waals surface area contributed by atoms with Crippen LogP contribution in [0.15, 0.2) is 0 Å². The van der Waals surface area contributed by atoms with Gasteiger partial charge in [0, 0.05) is 33.7 Å². The van der Waals surface area contributed by atoms with Crippen molar-refractivity contribution in [1.82, 2.24) is 9.80 Å². The highest BCUT2D eigenvalue weighted by Gasteiger charge is 2.56. The van der Waals surface area contributed by atoms with Crippen LogP contribution in [0.5, 0.6) is 0 Å². The minimum absolute atomic E-state index is 0.0629. The molecular weight excluding hydrogens is 312 g/mol. The Morgan fingerprint density at radius 3 is 2.33 bits per heavy atom. The van der Waals surface area contributed by atoms with Crippen LogP contribution in [0.1, 0.15) is 38.5 Å². The monoisotopic (exact) mass is 338 g/mol. The molecule has 3 aliphatic rings. The number of carbonyl (C=O) groups is 3. The van der Waals surface area contributed by atoms with Crippen molar-refractivity contribution in [2.45, 2.75) is 44.1 Å². The highest BCUT2D eigenvalue weighted by atomic mass is 16.5. The van der Waals surface area contributed by atoms with Gasteiger partial charge in [-0.25, -0.2) is 0 Å². The largest absolute Gasteiger partial charge is 0.481 e. The molecular formula is C17H26N2O5. The summed E-state index contributed by atoms with van der Waals surface area (Å²) < 4.78 is 5.26. The molecule has 2 aliphatic heterocycles. The summed E-state index contributed by atoms with van der Waals surface area (Å²) in [7, 11) is 3.32. The van der Waals surface area contributed by atoms with Gasteiger partial charge in [-0.3, -0.25) is 14.4 Å². The Morgan fingerprint density at radius 2 is 1.88 bits per heavy atom. The molecule has 7 nitrogen and oxygen atoms in total. The zero-order valence-corrected chi connectivity index (χ0v) is 14.4. The van der Waals surface area contributed by atoms with Gasteiger partial charge in [0.15, 0.2) is 0 Å². The fraction of sp³-hybridized carbons (Fsp3) is 0.824. The second-order valence-corrected chi connectivity index (χ2v) is 7.51. The van der Waals surface area contributed by atoms with E-state index in [4.69, 9.17) is 4.74 Å². The standard InChI is InChI=1S/C17H26N2O5/c1-18-13(20)10-12(14(21)22)17(18)6-8-19(9-7-17)15(23)16(11-24-2)4-3-5-16/h12H,3-11H2,1-2H3,(H,21,22)/t12-/m0/s1. The van der Waals surface area contributed by atoms with E-state index in [0.717, 1.165) is 19.3 Å². The van der Waals surface area contributed by atoms with Crippen LogP contribution in [0.4, 0.5) is 0 Å². The van der Waals surface area contributed by atoms with Gasteiger partial charge in [0.05, 0.1) is 23.5 Å². The summed E-state index contributed by atoms with van der Waals surface area (Å²) in [5.74, 6) is -1.58. The molecule has 2 heterocycles. The summed E-state index contributed by atoms with van der Waals surface area (Å²) in [6, 6.07) is 0. The molecule has 0 aromatic heterocycles. The molecule has 0 aromatic rings. The number of rotatable bonds is 4. The molecule has 1 atom stereocenters. The molecule has 134 valence electrons. The van der Waals surface area contributed by atoms with Crippen LogP contribution < -0.4 is 0 Å². The number of piperidine rings is 1. The van der Waals surface area contributed by atoms with Gasteiger partial charge in [-0.05, 0) is 25.7 Å². The molecule has 0 unspecified atom stereocenters. The van der Waals surface area contributed by atoms with Crippen molar-refractivity contribution in [3.05, 3.63) is 0 Å². The third-order valence-electron chi connectivity index (χ3n) is 6.47. The van der Waals surface area contributed by atoms with Crippen LogP contribution in [-0.2, 0) is 19.1 Å². The Hall–Kier alpha value is -1.63. The van der Waals surface area contributed by atoms with Gasteiger partial charge in [0.1, 0.15) is 0 Å². The van der Waals surface area contributed by atoms with Crippen LogP contribution in [0.3, 0.4) is 0 Å². The Bertz CT molecular complexity index is 549. The van der Waals surface area contributed by atoms with E-state index >= 15 is 0 Å². The first kappa shape index (κ1) is 17.2. The number of carboxylic acid groups (broad SMARTS) is 1. The van der Waals surface area contributed by atoms with Crippen LogP contribution >= 0.6 is 0 Å². The van der Waals surface area contributed by atoms with Gasteiger partial charge >= 0.3 is 5.97 Å². The predicted octanol–water partition coefficient (Wildman–Crippen LogP) is 0.727. The van der Waals surface area contributed by atoms with E-state index in [1.807, 2.05) is 4.90 Å². The molecule has 0 aromatic carbocycles. The second-order valence-electron chi connectivity index (χ2n) is 7.51. The topological polar surface area (TPSA) is 87.1 Å². The lowest BCUT2D eigenvalue weighted by molar-refractivity contribution is -0.156. The van der Waals surface area contributed by atoms with E-state index in [-0.39, 0.29) is 23.7 Å². The highest BCUT2D eigenvalue weighted by molar-refractivity contribution is 5.88. The van der Waals surface area contributed by atoms with Gasteiger partial charge < -0.3 is 19.6 Å². The third kappa shape index (κ3) is 2.41. The fourth-order valence-electron chi connectivity index (χ4n) is 4.72. The van der Waals surface area contributed by atoms with Crippen molar-refractivity contribution < 1.29 is 24.2 Å². The van der Waals surface area contributed by atoms with E-state index < -0.39 is 17.4 Å². The quantitative estimate of drug-likeness (QED) is 0.816. The summed E-state index contributed by atoms with van der Waals surface area (Å²) in [5.41, 5.74) is -1.03. The van der Waals surface area contributed by atoms with E-state index in [2.05, 4.69) is 0 Å². The second kappa shape index (κ2) is 6.02. The minimum atomic E-state index is -0.915. The molecule has 3 rings (SSSR count). The Labute approximate surface area is 141 Å². The third-order valence-corrected chi connectivity index (χ3v) is 6.47.